The fourth-order valence-electron chi connectivity index (χ4n) is 2.74. The third kappa shape index (κ3) is 4.93. The number of nitrogens with one attached hydrogen (secondary N) is 1. The van der Waals surface area contributed by atoms with Crippen molar-refractivity contribution in [2.45, 2.75) is 52.5 Å². The summed E-state index contributed by atoms with van der Waals surface area (Å²) in [5.41, 5.74) is 5.52. The molecular weight excluding hydrogens is 254 g/mol. The maximum absolute atomic E-state index is 3.68. The van der Waals surface area contributed by atoms with Gasteiger partial charge in [-0.05, 0) is 50.3 Å². The van der Waals surface area contributed by atoms with Crippen molar-refractivity contribution in [3.8, 4) is 0 Å². The van der Waals surface area contributed by atoms with E-state index >= 15 is 0 Å². The molecule has 0 aliphatic rings. The molecule has 1 heteroatoms. The molecule has 0 saturated carbocycles. The van der Waals surface area contributed by atoms with Crippen LogP contribution < -0.4 is 5.32 Å². The van der Waals surface area contributed by atoms with Gasteiger partial charge in [-0.2, -0.15) is 0 Å². The normalized spacial score (nSPS) is 12.1. The third-order valence-electron chi connectivity index (χ3n) is 3.89. The Labute approximate surface area is 129 Å². The van der Waals surface area contributed by atoms with Crippen LogP contribution in [0.2, 0.25) is 0 Å². The van der Waals surface area contributed by atoms with Crippen molar-refractivity contribution in [2.24, 2.45) is 0 Å². The molecule has 0 aliphatic heterocycles. The molecule has 21 heavy (non-hydrogen) atoms. The first-order chi connectivity index (χ1) is 10.2. The summed E-state index contributed by atoms with van der Waals surface area (Å²) < 4.78 is 0. The van der Waals surface area contributed by atoms with Crippen LogP contribution in [0.15, 0.2) is 48.5 Å². The van der Waals surface area contributed by atoms with Gasteiger partial charge in [0.05, 0.1) is 0 Å². The zero-order valence-corrected chi connectivity index (χ0v) is 13.5. The molecule has 0 bridgehead atoms. The molecule has 0 aliphatic carbocycles. The Morgan fingerprint density at radius 1 is 1.00 bits per heavy atom. The Bertz CT molecular complexity index is 559. The van der Waals surface area contributed by atoms with E-state index in [2.05, 4.69) is 74.6 Å². The lowest BCUT2D eigenvalue weighted by atomic mass is 10.0. The van der Waals surface area contributed by atoms with Crippen molar-refractivity contribution in [3.63, 3.8) is 0 Å². The van der Waals surface area contributed by atoms with E-state index in [9.17, 15) is 0 Å². The number of rotatable bonds is 7. The SMILES string of the molecule is CCCc1ccccc1NC(C)CCc1cccc(C)c1. The topological polar surface area (TPSA) is 12.0 Å². The van der Waals surface area contributed by atoms with E-state index in [4.69, 9.17) is 0 Å². The van der Waals surface area contributed by atoms with E-state index < -0.39 is 0 Å². The highest BCUT2D eigenvalue weighted by Crippen LogP contribution is 2.19. The minimum atomic E-state index is 0.489. The summed E-state index contributed by atoms with van der Waals surface area (Å²) in [6.07, 6.45) is 4.62. The van der Waals surface area contributed by atoms with Crippen molar-refractivity contribution < 1.29 is 0 Å². The van der Waals surface area contributed by atoms with Crippen molar-refractivity contribution in [3.05, 3.63) is 65.2 Å². The van der Waals surface area contributed by atoms with Gasteiger partial charge in [-0.25, -0.2) is 0 Å². The van der Waals surface area contributed by atoms with Gasteiger partial charge in [-0.3, -0.25) is 0 Å². The maximum Gasteiger partial charge on any atom is 0.0374 e. The van der Waals surface area contributed by atoms with Gasteiger partial charge in [0.25, 0.3) is 0 Å². The van der Waals surface area contributed by atoms with E-state index in [1.807, 2.05) is 0 Å². The summed E-state index contributed by atoms with van der Waals surface area (Å²) >= 11 is 0. The molecule has 1 unspecified atom stereocenters. The predicted octanol–water partition coefficient (Wildman–Crippen LogP) is 5.38. The summed E-state index contributed by atoms with van der Waals surface area (Å²) in [4.78, 5) is 0. The molecule has 0 radical (unpaired) electrons. The largest absolute Gasteiger partial charge is 0.382 e. The first-order valence-corrected chi connectivity index (χ1v) is 8.09. The van der Waals surface area contributed by atoms with Crippen LogP contribution in [0, 0.1) is 6.92 Å². The van der Waals surface area contributed by atoms with Crippen LogP contribution in [0.5, 0.6) is 0 Å². The average Bonchev–Trinajstić information content (AvgIpc) is 2.48. The lowest BCUT2D eigenvalue weighted by molar-refractivity contribution is 0.704. The van der Waals surface area contributed by atoms with Gasteiger partial charge < -0.3 is 5.32 Å². The molecule has 2 aromatic rings. The standard InChI is InChI=1S/C20H27N/c1-4-8-19-11-5-6-12-20(19)21-17(3)13-14-18-10-7-9-16(2)15-18/h5-7,9-12,15,17,21H,4,8,13-14H2,1-3H3. The summed E-state index contributed by atoms with van der Waals surface area (Å²) in [5, 5.41) is 3.68. The first kappa shape index (κ1) is 15.6. The number of anilines is 1. The van der Waals surface area contributed by atoms with Crippen molar-refractivity contribution in [1.82, 2.24) is 0 Å². The lowest BCUT2D eigenvalue weighted by Crippen LogP contribution is -2.17. The molecule has 1 nitrogen and oxygen atoms in total. The van der Waals surface area contributed by atoms with Crippen LogP contribution in [0.25, 0.3) is 0 Å². The van der Waals surface area contributed by atoms with Crippen molar-refractivity contribution >= 4 is 5.69 Å². The van der Waals surface area contributed by atoms with Gasteiger partial charge >= 0.3 is 0 Å². The summed E-state index contributed by atoms with van der Waals surface area (Å²) in [5.74, 6) is 0. The molecule has 1 N–H and O–H groups in total. The van der Waals surface area contributed by atoms with Crippen LogP contribution in [0.1, 0.15) is 43.4 Å². The third-order valence-corrected chi connectivity index (χ3v) is 3.89. The minimum Gasteiger partial charge on any atom is -0.382 e. The molecule has 2 rings (SSSR count). The Morgan fingerprint density at radius 2 is 1.81 bits per heavy atom. The van der Waals surface area contributed by atoms with Gasteiger partial charge in [-0.15, -0.1) is 0 Å². The molecule has 2 aromatic carbocycles. The number of para-hydroxylation sites is 1. The highest BCUT2D eigenvalue weighted by atomic mass is 14.9. The number of benzene rings is 2. The van der Waals surface area contributed by atoms with Gasteiger partial charge in [0.15, 0.2) is 0 Å². The Hall–Kier alpha value is -1.76. The molecule has 0 aromatic heterocycles. The van der Waals surface area contributed by atoms with Crippen molar-refractivity contribution in [1.29, 1.82) is 0 Å². The molecular formula is C20H27N. The average molecular weight is 281 g/mol. The minimum absolute atomic E-state index is 0.489. The smallest absolute Gasteiger partial charge is 0.0374 e. The van der Waals surface area contributed by atoms with Crippen LogP contribution in [-0.4, -0.2) is 6.04 Å². The quantitative estimate of drug-likeness (QED) is 0.718. The second-order valence-corrected chi connectivity index (χ2v) is 5.98. The summed E-state index contributed by atoms with van der Waals surface area (Å²) in [6.45, 7) is 6.67. The summed E-state index contributed by atoms with van der Waals surface area (Å²) in [6, 6.07) is 18.0. The first-order valence-electron chi connectivity index (χ1n) is 8.09. The van der Waals surface area contributed by atoms with E-state index in [-0.39, 0.29) is 0 Å². The van der Waals surface area contributed by atoms with Crippen LogP contribution in [0.4, 0.5) is 5.69 Å². The number of aryl methyl sites for hydroxylation is 3. The highest BCUT2D eigenvalue weighted by Gasteiger charge is 2.06. The van der Waals surface area contributed by atoms with Crippen LogP contribution in [0.3, 0.4) is 0 Å². The second kappa shape index (κ2) is 7.87. The molecule has 0 saturated heterocycles. The molecule has 0 spiro atoms. The van der Waals surface area contributed by atoms with E-state index in [0.717, 1.165) is 19.3 Å². The zero-order chi connectivity index (χ0) is 15.1. The highest BCUT2D eigenvalue weighted by molar-refractivity contribution is 5.51. The fourth-order valence-corrected chi connectivity index (χ4v) is 2.74. The molecule has 1 atom stereocenters. The van der Waals surface area contributed by atoms with Crippen LogP contribution >= 0.6 is 0 Å². The van der Waals surface area contributed by atoms with E-state index in [1.54, 1.807) is 0 Å². The zero-order valence-electron chi connectivity index (χ0n) is 13.5. The van der Waals surface area contributed by atoms with E-state index in [0.29, 0.717) is 6.04 Å². The monoisotopic (exact) mass is 281 g/mol. The van der Waals surface area contributed by atoms with Gasteiger partial charge in [0.1, 0.15) is 0 Å². The Balaban J connectivity index is 1.91. The van der Waals surface area contributed by atoms with Crippen molar-refractivity contribution in [2.75, 3.05) is 5.32 Å². The lowest BCUT2D eigenvalue weighted by Gasteiger charge is -2.18. The molecule has 0 heterocycles. The number of hydrogen-bond donors (Lipinski definition) is 1. The van der Waals surface area contributed by atoms with Gasteiger partial charge in [0.2, 0.25) is 0 Å². The summed E-state index contributed by atoms with van der Waals surface area (Å²) in [7, 11) is 0. The molecule has 0 amide bonds. The maximum atomic E-state index is 3.68. The van der Waals surface area contributed by atoms with Gasteiger partial charge in [-0.1, -0.05) is 61.4 Å². The fraction of sp³-hybridized carbons (Fsp3) is 0.400. The Kier molecular flexibility index (Phi) is 5.86. The van der Waals surface area contributed by atoms with Gasteiger partial charge in [0, 0.05) is 11.7 Å². The number of hydrogen-bond acceptors (Lipinski definition) is 1. The molecule has 112 valence electrons. The Morgan fingerprint density at radius 3 is 2.57 bits per heavy atom. The van der Waals surface area contributed by atoms with E-state index in [1.165, 1.54) is 28.8 Å². The predicted molar refractivity (Wildman–Crippen MR) is 93.0 cm³/mol. The second-order valence-electron chi connectivity index (χ2n) is 5.98. The van der Waals surface area contributed by atoms with Crippen LogP contribution in [-0.2, 0) is 12.8 Å². The molecule has 0 fully saturated rings.